The Morgan fingerprint density at radius 2 is 2.12 bits per heavy atom. The van der Waals surface area contributed by atoms with Gasteiger partial charge in [0.15, 0.2) is 0 Å². The highest BCUT2D eigenvalue weighted by Gasteiger charge is 2.06. The Kier molecular flexibility index (Phi) is 4.23. The minimum Gasteiger partial charge on any atom is -0.481 e. The van der Waals surface area contributed by atoms with Gasteiger partial charge in [-0.25, -0.2) is 4.39 Å². The van der Waals surface area contributed by atoms with Gasteiger partial charge in [0.05, 0.1) is 12.8 Å². The van der Waals surface area contributed by atoms with E-state index in [0.717, 1.165) is 12.1 Å². The van der Waals surface area contributed by atoms with Crippen molar-refractivity contribution in [2.24, 2.45) is 5.73 Å². The number of hydrogen-bond donors (Lipinski definition) is 2. The summed E-state index contributed by atoms with van der Waals surface area (Å²) in [5.41, 5.74) is 5.55. The van der Waals surface area contributed by atoms with Crippen molar-refractivity contribution in [2.45, 2.75) is 12.8 Å². The van der Waals surface area contributed by atoms with Crippen LogP contribution in [-0.4, -0.2) is 17.0 Å². The van der Waals surface area contributed by atoms with Crippen molar-refractivity contribution in [3.63, 3.8) is 0 Å². The van der Waals surface area contributed by atoms with Crippen LogP contribution in [-0.2, 0) is 16.0 Å². The van der Waals surface area contributed by atoms with Gasteiger partial charge >= 0.3 is 5.97 Å². The Hall–Kier alpha value is -2.35. The first-order valence-electron chi connectivity index (χ1n) is 4.76. The van der Waals surface area contributed by atoms with E-state index in [1.807, 2.05) is 0 Å². The fourth-order valence-electron chi connectivity index (χ4n) is 1.21. The Morgan fingerprint density at radius 1 is 1.41 bits per heavy atom. The molecule has 1 amide bonds. The predicted octanol–water partition coefficient (Wildman–Crippen LogP) is 0.680. The van der Waals surface area contributed by atoms with E-state index in [4.69, 9.17) is 10.8 Å². The quantitative estimate of drug-likeness (QED) is 0.756. The summed E-state index contributed by atoms with van der Waals surface area (Å²) in [4.78, 5) is 21.0. The van der Waals surface area contributed by atoms with Crippen LogP contribution >= 0.6 is 0 Å². The number of benzene rings is 1. The number of carboxylic acid groups (broad SMARTS) is 1. The van der Waals surface area contributed by atoms with Gasteiger partial charge in [0.1, 0.15) is 5.82 Å². The summed E-state index contributed by atoms with van der Waals surface area (Å²) in [6.45, 7) is 0. The molecular formula is C12H10FNO3. The van der Waals surface area contributed by atoms with Crippen molar-refractivity contribution in [1.82, 2.24) is 0 Å². The summed E-state index contributed by atoms with van der Waals surface area (Å²) < 4.78 is 13.0. The number of carbonyl (C=O) groups is 2. The van der Waals surface area contributed by atoms with Gasteiger partial charge < -0.3 is 10.8 Å². The van der Waals surface area contributed by atoms with Crippen LogP contribution in [0.5, 0.6) is 0 Å². The van der Waals surface area contributed by atoms with Crippen LogP contribution in [0.4, 0.5) is 4.39 Å². The minimum absolute atomic E-state index is 0.150. The molecule has 17 heavy (non-hydrogen) atoms. The molecule has 0 saturated carbocycles. The molecule has 1 aromatic rings. The number of hydrogen-bond acceptors (Lipinski definition) is 2. The maximum absolute atomic E-state index is 13.0. The van der Waals surface area contributed by atoms with E-state index >= 15 is 0 Å². The zero-order valence-electron chi connectivity index (χ0n) is 8.87. The van der Waals surface area contributed by atoms with E-state index in [9.17, 15) is 14.0 Å². The van der Waals surface area contributed by atoms with Crippen molar-refractivity contribution in [1.29, 1.82) is 0 Å². The predicted molar refractivity (Wildman–Crippen MR) is 58.4 cm³/mol. The van der Waals surface area contributed by atoms with Crippen LogP contribution < -0.4 is 5.73 Å². The molecule has 4 nitrogen and oxygen atoms in total. The fourth-order valence-corrected chi connectivity index (χ4v) is 1.21. The topological polar surface area (TPSA) is 80.4 Å². The molecule has 1 rings (SSSR count). The lowest BCUT2D eigenvalue weighted by atomic mass is 10.0. The molecule has 0 atom stereocenters. The number of aliphatic carboxylic acids is 1. The van der Waals surface area contributed by atoms with Gasteiger partial charge in [-0.3, -0.25) is 9.59 Å². The molecule has 0 aromatic heterocycles. The Labute approximate surface area is 97.2 Å². The number of rotatable bonds is 3. The number of nitrogens with two attached hydrogens (primary N) is 1. The smallest absolute Gasteiger partial charge is 0.307 e. The second-order valence-corrected chi connectivity index (χ2v) is 3.32. The Bertz CT molecular complexity index is 514. The summed E-state index contributed by atoms with van der Waals surface area (Å²) in [7, 11) is 0. The molecule has 0 aliphatic heterocycles. The lowest BCUT2D eigenvalue weighted by Crippen LogP contribution is -2.08. The molecule has 0 spiro atoms. The van der Waals surface area contributed by atoms with Crippen LogP contribution in [0.3, 0.4) is 0 Å². The van der Waals surface area contributed by atoms with Gasteiger partial charge in [-0.05, 0) is 17.7 Å². The highest BCUT2D eigenvalue weighted by Crippen LogP contribution is 2.11. The normalized spacial score (nSPS) is 9.24. The van der Waals surface area contributed by atoms with Gasteiger partial charge in [-0.15, -0.1) is 0 Å². The molecule has 0 radical (unpaired) electrons. The molecule has 0 aliphatic carbocycles. The maximum atomic E-state index is 13.0. The SMILES string of the molecule is NC(=O)CC#Cc1cc(F)ccc1CC(=O)O. The van der Waals surface area contributed by atoms with Gasteiger partial charge in [0.2, 0.25) is 5.91 Å². The van der Waals surface area contributed by atoms with E-state index in [2.05, 4.69) is 11.8 Å². The van der Waals surface area contributed by atoms with E-state index in [0.29, 0.717) is 5.56 Å². The van der Waals surface area contributed by atoms with Gasteiger partial charge in [-0.2, -0.15) is 0 Å². The van der Waals surface area contributed by atoms with Gasteiger partial charge in [0, 0.05) is 5.56 Å². The molecule has 0 bridgehead atoms. The van der Waals surface area contributed by atoms with Crippen LogP contribution in [0.2, 0.25) is 0 Å². The summed E-state index contributed by atoms with van der Waals surface area (Å²) in [6, 6.07) is 3.65. The van der Waals surface area contributed by atoms with E-state index in [1.165, 1.54) is 6.07 Å². The maximum Gasteiger partial charge on any atom is 0.307 e. The first-order chi connectivity index (χ1) is 7.99. The second kappa shape index (κ2) is 5.66. The Morgan fingerprint density at radius 3 is 2.71 bits per heavy atom. The van der Waals surface area contributed by atoms with Crippen molar-refractivity contribution >= 4 is 11.9 Å². The molecule has 0 aliphatic rings. The summed E-state index contributed by atoms with van der Waals surface area (Å²) >= 11 is 0. The van der Waals surface area contributed by atoms with E-state index in [1.54, 1.807) is 0 Å². The summed E-state index contributed by atoms with van der Waals surface area (Å²) in [5, 5.41) is 8.66. The Balaban J connectivity index is 3.01. The molecule has 0 fully saturated rings. The number of amides is 1. The lowest BCUT2D eigenvalue weighted by Gasteiger charge is -2.01. The lowest BCUT2D eigenvalue weighted by molar-refractivity contribution is -0.136. The van der Waals surface area contributed by atoms with Crippen LogP contribution in [0.15, 0.2) is 18.2 Å². The highest BCUT2D eigenvalue weighted by molar-refractivity contribution is 5.76. The first-order valence-corrected chi connectivity index (χ1v) is 4.76. The van der Waals surface area contributed by atoms with Crippen LogP contribution in [0.1, 0.15) is 17.5 Å². The summed E-state index contributed by atoms with van der Waals surface area (Å²) in [5.74, 6) is 2.86. The fraction of sp³-hybridized carbons (Fsp3) is 0.167. The minimum atomic E-state index is -1.03. The largest absolute Gasteiger partial charge is 0.481 e. The zero-order chi connectivity index (χ0) is 12.8. The van der Waals surface area contributed by atoms with E-state index < -0.39 is 17.7 Å². The van der Waals surface area contributed by atoms with Gasteiger partial charge in [-0.1, -0.05) is 17.9 Å². The average molecular weight is 235 g/mol. The molecule has 88 valence electrons. The third kappa shape index (κ3) is 4.34. The molecular weight excluding hydrogens is 225 g/mol. The highest BCUT2D eigenvalue weighted by atomic mass is 19.1. The molecule has 3 N–H and O–H groups in total. The van der Waals surface area contributed by atoms with Gasteiger partial charge in [0.25, 0.3) is 0 Å². The standard InChI is InChI=1S/C12H10FNO3/c13-10-5-4-9(7-12(16)17)8(6-10)2-1-3-11(14)15/h4-6H,3,7H2,(H2,14,15)(H,16,17). The van der Waals surface area contributed by atoms with Crippen molar-refractivity contribution in [3.8, 4) is 11.8 Å². The van der Waals surface area contributed by atoms with Crippen molar-refractivity contribution in [3.05, 3.63) is 35.1 Å². The number of primary amides is 1. The first kappa shape index (κ1) is 12.7. The van der Waals surface area contributed by atoms with E-state index in [-0.39, 0.29) is 18.4 Å². The van der Waals surface area contributed by atoms with Crippen LogP contribution in [0.25, 0.3) is 0 Å². The molecule has 0 heterocycles. The summed E-state index contributed by atoms with van der Waals surface area (Å²) in [6.07, 6.45) is -0.399. The second-order valence-electron chi connectivity index (χ2n) is 3.32. The number of halogens is 1. The number of carboxylic acids is 1. The third-order valence-electron chi connectivity index (χ3n) is 1.90. The van der Waals surface area contributed by atoms with Crippen LogP contribution in [0, 0.1) is 17.7 Å². The van der Waals surface area contributed by atoms with Crippen molar-refractivity contribution in [2.75, 3.05) is 0 Å². The average Bonchev–Trinajstić information content (AvgIpc) is 2.21. The molecule has 1 aromatic carbocycles. The molecule has 0 saturated heterocycles. The molecule has 5 heteroatoms. The zero-order valence-corrected chi connectivity index (χ0v) is 8.87. The monoisotopic (exact) mass is 235 g/mol. The van der Waals surface area contributed by atoms with Crippen molar-refractivity contribution < 1.29 is 19.1 Å². The number of carbonyl (C=O) groups excluding carboxylic acids is 1. The third-order valence-corrected chi connectivity index (χ3v) is 1.90. The molecule has 0 unspecified atom stereocenters.